The molecular weight excluding hydrogens is 539 g/mol. The van der Waals surface area contributed by atoms with Crippen LogP contribution in [0.25, 0.3) is 0 Å². The number of hydrogen-bond donors (Lipinski definition) is 0. The van der Waals surface area contributed by atoms with E-state index in [0.29, 0.717) is 12.3 Å². The summed E-state index contributed by atoms with van der Waals surface area (Å²) in [4.78, 5) is 13.8. The Labute approximate surface area is 250 Å². The monoisotopic (exact) mass is 589 g/mol. The zero-order chi connectivity index (χ0) is 29.7. The van der Waals surface area contributed by atoms with Crippen LogP contribution >= 0.6 is 7.26 Å². The summed E-state index contributed by atoms with van der Waals surface area (Å²) in [5.41, 5.74) is 0.968. The Kier molecular flexibility index (Phi) is 13.0. The van der Waals surface area contributed by atoms with Gasteiger partial charge in [0, 0.05) is 6.42 Å². The Bertz CT molecular complexity index is 1090. The highest BCUT2D eigenvalue weighted by Crippen LogP contribution is 2.56. The van der Waals surface area contributed by atoms with Crippen molar-refractivity contribution in [1.29, 1.82) is 0 Å². The third-order valence-electron chi connectivity index (χ3n) is 8.40. The van der Waals surface area contributed by atoms with Gasteiger partial charge in [-0.25, -0.2) is 4.79 Å². The van der Waals surface area contributed by atoms with Gasteiger partial charge >= 0.3 is 5.97 Å². The van der Waals surface area contributed by atoms with E-state index in [1.165, 1.54) is 15.9 Å². The normalized spacial score (nSPS) is 12.7. The van der Waals surface area contributed by atoms with E-state index >= 15 is 0 Å². The topological polar surface area (TPSA) is 35.5 Å². The van der Waals surface area contributed by atoms with E-state index in [0.717, 1.165) is 42.7 Å². The first-order chi connectivity index (χ1) is 19.8. The first kappa shape index (κ1) is 33.0. The van der Waals surface area contributed by atoms with Crippen LogP contribution in [0, 0.1) is 5.92 Å². The van der Waals surface area contributed by atoms with Gasteiger partial charge in [-0.2, -0.15) is 0 Å². The molecule has 0 amide bonds. The van der Waals surface area contributed by atoms with Crippen LogP contribution in [0.3, 0.4) is 0 Å². The van der Waals surface area contributed by atoms with Crippen molar-refractivity contribution in [3.05, 3.63) is 103 Å². The molecule has 0 aliphatic rings. The summed E-state index contributed by atoms with van der Waals surface area (Å²) in [5, 5.41) is 3.95. The average molecular weight is 590 g/mol. The second kappa shape index (κ2) is 16.2. The fourth-order valence-electron chi connectivity index (χ4n) is 5.55. The van der Waals surface area contributed by atoms with E-state index in [2.05, 4.69) is 132 Å². The molecule has 5 heteroatoms. The molecule has 0 spiro atoms. The summed E-state index contributed by atoms with van der Waals surface area (Å²) in [6, 6.07) is 35.5. The number of hydrogen-bond acceptors (Lipinski definition) is 3. The van der Waals surface area contributed by atoms with Gasteiger partial charge in [0.15, 0.2) is 8.32 Å². The Morgan fingerprint density at radius 2 is 1.20 bits per heavy atom. The maximum atomic E-state index is 13.8. The van der Waals surface area contributed by atoms with Crippen molar-refractivity contribution in [2.45, 2.75) is 78.1 Å². The maximum Gasteiger partial charge on any atom is 0.334 e. The molecule has 0 bridgehead atoms. The SMILES string of the molecule is C=C(CCC(C)C)COC(=O)[C@H](CC[P+](c1ccccc1)(c1ccccc1)c1ccccc1)O[Si](CC)(CC)CC. The Morgan fingerprint density at radius 1 is 0.756 bits per heavy atom. The third kappa shape index (κ3) is 8.74. The van der Waals surface area contributed by atoms with E-state index < -0.39 is 21.7 Å². The van der Waals surface area contributed by atoms with Crippen molar-refractivity contribution < 1.29 is 14.0 Å². The largest absolute Gasteiger partial charge is 0.459 e. The van der Waals surface area contributed by atoms with Gasteiger partial charge in [-0.3, -0.25) is 0 Å². The maximum absolute atomic E-state index is 13.8. The Morgan fingerprint density at radius 3 is 1.59 bits per heavy atom. The molecule has 41 heavy (non-hydrogen) atoms. The predicted octanol–water partition coefficient (Wildman–Crippen LogP) is 8.30. The highest BCUT2D eigenvalue weighted by molar-refractivity contribution is 7.95. The smallest absolute Gasteiger partial charge is 0.334 e. The lowest BCUT2D eigenvalue weighted by Crippen LogP contribution is -2.44. The summed E-state index contributed by atoms with van der Waals surface area (Å²) in [6.07, 6.45) is 2.76. The van der Waals surface area contributed by atoms with Gasteiger partial charge in [0.25, 0.3) is 0 Å². The lowest BCUT2D eigenvalue weighted by Gasteiger charge is -2.34. The number of carbonyl (C=O) groups is 1. The van der Waals surface area contributed by atoms with Crippen LogP contribution in [0.4, 0.5) is 0 Å². The van der Waals surface area contributed by atoms with Crippen LogP contribution < -0.4 is 15.9 Å². The molecule has 0 saturated carbocycles. The zero-order valence-electron chi connectivity index (χ0n) is 25.9. The van der Waals surface area contributed by atoms with Crippen molar-refractivity contribution in [2.75, 3.05) is 12.8 Å². The molecule has 0 aromatic heterocycles. The molecule has 3 nitrogen and oxygen atoms in total. The van der Waals surface area contributed by atoms with Crippen LogP contribution in [0.2, 0.25) is 18.1 Å². The minimum Gasteiger partial charge on any atom is -0.459 e. The fourth-order valence-corrected chi connectivity index (χ4v) is 12.7. The predicted molar refractivity (Wildman–Crippen MR) is 181 cm³/mol. The molecule has 0 saturated heterocycles. The molecule has 0 aliphatic carbocycles. The highest BCUT2D eigenvalue weighted by Gasteiger charge is 2.47. The van der Waals surface area contributed by atoms with Crippen molar-refractivity contribution in [3.63, 3.8) is 0 Å². The van der Waals surface area contributed by atoms with Gasteiger partial charge in [0.05, 0.1) is 6.16 Å². The molecular formula is C36H50O3PSi+. The third-order valence-corrected chi connectivity index (χ3v) is 17.5. The van der Waals surface area contributed by atoms with E-state index in [4.69, 9.17) is 9.16 Å². The molecule has 0 unspecified atom stereocenters. The summed E-state index contributed by atoms with van der Waals surface area (Å²) in [6.45, 7) is 15.5. The zero-order valence-corrected chi connectivity index (χ0v) is 27.7. The second-order valence-electron chi connectivity index (χ2n) is 11.5. The number of carbonyl (C=O) groups excluding carboxylic acids is 1. The first-order valence-corrected chi connectivity index (χ1v) is 19.9. The molecule has 0 N–H and O–H groups in total. The van der Waals surface area contributed by atoms with Gasteiger partial charge in [0.1, 0.15) is 35.9 Å². The van der Waals surface area contributed by atoms with Gasteiger partial charge < -0.3 is 9.16 Å². The molecule has 0 fully saturated rings. The molecule has 0 aliphatic heterocycles. The Balaban J connectivity index is 2.00. The van der Waals surface area contributed by atoms with Gasteiger partial charge in [0.2, 0.25) is 0 Å². The van der Waals surface area contributed by atoms with Gasteiger partial charge in [-0.15, -0.1) is 0 Å². The molecule has 3 aromatic carbocycles. The van der Waals surface area contributed by atoms with E-state index in [1.54, 1.807) is 0 Å². The Hall–Kier alpha value is -2.52. The molecule has 0 radical (unpaired) electrons. The first-order valence-electron chi connectivity index (χ1n) is 15.4. The van der Waals surface area contributed by atoms with Gasteiger partial charge in [-0.05, 0) is 78.9 Å². The minimum atomic E-state index is -2.09. The molecule has 3 rings (SSSR count). The van der Waals surface area contributed by atoms with E-state index in [-0.39, 0.29) is 12.6 Å². The fraction of sp³-hybridized carbons (Fsp3) is 0.417. The van der Waals surface area contributed by atoms with Crippen LogP contribution in [-0.2, 0) is 14.0 Å². The van der Waals surface area contributed by atoms with Crippen LogP contribution in [0.5, 0.6) is 0 Å². The standard InChI is InChI=1S/C36H50O3PSi/c1-7-41(8-2,9-3)39-35(36(37)38-29-31(6)26-25-30(4)5)27-28-40(32-19-13-10-14-20-32,33-21-15-11-16-22-33)34-23-17-12-18-24-34/h10-24,30,35H,6-9,25-29H2,1-5H3/q+1/t35-/m0/s1. The van der Waals surface area contributed by atoms with E-state index in [9.17, 15) is 4.79 Å². The minimum absolute atomic E-state index is 0.241. The summed E-state index contributed by atoms with van der Waals surface area (Å²) >= 11 is 0. The molecule has 220 valence electrons. The number of benzene rings is 3. The lowest BCUT2D eigenvalue weighted by atomic mass is 10.0. The lowest BCUT2D eigenvalue weighted by molar-refractivity contribution is -0.151. The van der Waals surface area contributed by atoms with Crippen molar-refractivity contribution >= 4 is 37.5 Å². The summed E-state index contributed by atoms with van der Waals surface area (Å²) in [5.74, 6) is 0.352. The number of ether oxygens (including phenoxy) is 1. The number of rotatable bonds is 17. The van der Waals surface area contributed by atoms with Crippen molar-refractivity contribution in [3.8, 4) is 0 Å². The molecule has 1 atom stereocenters. The van der Waals surface area contributed by atoms with Crippen LogP contribution in [-0.4, -0.2) is 33.2 Å². The van der Waals surface area contributed by atoms with Crippen LogP contribution in [0.1, 0.15) is 53.9 Å². The van der Waals surface area contributed by atoms with Gasteiger partial charge in [-0.1, -0.05) is 95.8 Å². The second-order valence-corrected chi connectivity index (χ2v) is 19.8. The highest BCUT2D eigenvalue weighted by atomic mass is 31.2. The van der Waals surface area contributed by atoms with Crippen molar-refractivity contribution in [2.24, 2.45) is 5.92 Å². The van der Waals surface area contributed by atoms with Crippen molar-refractivity contribution in [1.82, 2.24) is 0 Å². The summed E-state index contributed by atoms with van der Waals surface area (Å²) < 4.78 is 12.9. The van der Waals surface area contributed by atoms with E-state index in [1.807, 2.05) is 0 Å². The average Bonchev–Trinajstić information content (AvgIpc) is 3.02. The quantitative estimate of drug-likeness (QED) is 0.0688. The molecule has 3 aromatic rings. The number of esters is 1. The van der Waals surface area contributed by atoms with Crippen LogP contribution in [0.15, 0.2) is 103 Å². The summed E-state index contributed by atoms with van der Waals surface area (Å²) in [7, 11) is -4.16. The molecule has 0 heterocycles.